The molecule has 1 aromatic heterocycles. The summed E-state index contributed by atoms with van der Waals surface area (Å²) in [5.74, 6) is -0.929. The topological polar surface area (TPSA) is 54.6 Å². The number of nitrogens with zero attached hydrogens (tertiary/aromatic N) is 2. The molecular formula is C18H16N2O2. The van der Waals surface area contributed by atoms with Gasteiger partial charge in [0.2, 0.25) is 0 Å². The highest BCUT2D eigenvalue weighted by Gasteiger charge is 2.05. The number of aromatic nitrogens is 1. The van der Waals surface area contributed by atoms with Gasteiger partial charge in [-0.25, -0.2) is 4.79 Å². The molecule has 4 heteroatoms. The molecule has 110 valence electrons. The molecule has 0 aliphatic rings. The van der Waals surface area contributed by atoms with Crippen LogP contribution in [0, 0.1) is 0 Å². The van der Waals surface area contributed by atoms with Gasteiger partial charge in [0, 0.05) is 35.4 Å². The number of hydrogen-bond donors (Lipinski definition) is 1. The van der Waals surface area contributed by atoms with Crippen LogP contribution in [0.4, 0.5) is 5.69 Å². The average Bonchev–Trinajstić information content (AvgIpc) is 2.91. The van der Waals surface area contributed by atoms with Crippen LogP contribution in [0.25, 0.3) is 10.9 Å². The van der Waals surface area contributed by atoms with Crippen LogP contribution in [0.1, 0.15) is 22.8 Å². The van der Waals surface area contributed by atoms with E-state index in [4.69, 9.17) is 5.11 Å². The first kappa shape index (κ1) is 14.1. The summed E-state index contributed by atoms with van der Waals surface area (Å²) >= 11 is 0. The van der Waals surface area contributed by atoms with Gasteiger partial charge in [-0.05, 0) is 37.3 Å². The number of carbonyl (C=O) groups is 1. The van der Waals surface area contributed by atoms with Gasteiger partial charge >= 0.3 is 5.97 Å². The molecule has 0 atom stereocenters. The van der Waals surface area contributed by atoms with E-state index >= 15 is 0 Å². The SMILES string of the molecule is CCn1cc(C=Nc2ccc(C(=O)O)cc2)c2ccccc21. The quantitative estimate of drug-likeness (QED) is 0.736. The van der Waals surface area contributed by atoms with Crippen molar-refractivity contribution in [3.05, 3.63) is 65.9 Å². The van der Waals surface area contributed by atoms with Crippen LogP contribution in [0.5, 0.6) is 0 Å². The zero-order valence-electron chi connectivity index (χ0n) is 12.2. The molecule has 1 N–H and O–H groups in total. The summed E-state index contributed by atoms with van der Waals surface area (Å²) < 4.78 is 2.18. The van der Waals surface area contributed by atoms with E-state index in [1.807, 2.05) is 18.3 Å². The summed E-state index contributed by atoms with van der Waals surface area (Å²) in [6.07, 6.45) is 3.91. The molecule has 4 nitrogen and oxygen atoms in total. The predicted molar refractivity (Wildman–Crippen MR) is 88.3 cm³/mol. The average molecular weight is 292 g/mol. The largest absolute Gasteiger partial charge is 0.478 e. The molecule has 0 saturated heterocycles. The van der Waals surface area contributed by atoms with Crippen LogP contribution in [-0.2, 0) is 6.54 Å². The normalized spacial score (nSPS) is 11.3. The minimum absolute atomic E-state index is 0.265. The Bertz CT molecular complexity index is 845. The molecule has 0 amide bonds. The smallest absolute Gasteiger partial charge is 0.335 e. The molecule has 0 aliphatic carbocycles. The highest BCUT2D eigenvalue weighted by Crippen LogP contribution is 2.21. The number of hydrogen-bond acceptors (Lipinski definition) is 2. The minimum Gasteiger partial charge on any atom is -0.478 e. The first-order valence-corrected chi connectivity index (χ1v) is 7.14. The maximum atomic E-state index is 10.8. The highest BCUT2D eigenvalue weighted by molar-refractivity contribution is 6.00. The summed E-state index contributed by atoms with van der Waals surface area (Å²) in [6, 6.07) is 14.8. The van der Waals surface area contributed by atoms with E-state index < -0.39 is 5.97 Å². The van der Waals surface area contributed by atoms with Gasteiger partial charge < -0.3 is 9.67 Å². The van der Waals surface area contributed by atoms with Gasteiger partial charge in [-0.1, -0.05) is 18.2 Å². The van der Waals surface area contributed by atoms with Crippen molar-refractivity contribution >= 4 is 28.8 Å². The summed E-state index contributed by atoms with van der Waals surface area (Å²) in [5.41, 5.74) is 3.24. The van der Waals surface area contributed by atoms with Crippen molar-refractivity contribution in [2.24, 2.45) is 4.99 Å². The lowest BCUT2D eigenvalue weighted by Gasteiger charge is -1.97. The van der Waals surface area contributed by atoms with E-state index in [-0.39, 0.29) is 5.56 Å². The summed E-state index contributed by atoms with van der Waals surface area (Å²) in [4.78, 5) is 15.3. The summed E-state index contributed by atoms with van der Waals surface area (Å²) in [6.45, 7) is 3.01. The van der Waals surface area contributed by atoms with Gasteiger partial charge in [-0.3, -0.25) is 4.99 Å². The van der Waals surface area contributed by atoms with Gasteiger partial charge in [-0.2, -0.15) is 0 Å². The van der Waals surface area contributed by atoms with Crippen molar-refractivity contribution in [3.63, 3.8) is 0 Å². The molecule has 0 fully saturated rings. The number of aliphatic imine (C=N–C) groups is 1. The fourth-order valence-electron chi connectivity index (χ4n) is 2.47. The number of para-hydroxylation sites is 1. The zero-order valence-corrected chi connectivity index (χ0v) is 12.2. The Morgan fingerprint density at radius 3 is 2.59 bits per heavy atom. The highest BCUT2D eigenvalue weighted by atomic mass is 16.4. The van der Waals surface area contributed by atoms with Crippen LogP contribution in [0.2, 0.25) is 0 Å². The maximum absolute atomic E-state index is 10.8. The van der Waals surface area contributed by atoms with Crippen molar-refractivity contribution in [2.75, 3.05) is 0 Å². The molecule has 2 aromatic carbocycles. The zero-order chi connectivity index (χ0) is 15.5. The molecule has 22 heavy (non-hydrogen) atoms. The summed E-state index contributed by atoms with van der Waals surface area (Å²) in [7, 11) is 0. The fourth-order valence-corrected chi connectivity index (χ4v) is 2.47. The van der Waals surface area contributed by atoms with Gasteiger partial charge in [0.05, 0.1) is 11.3 Å². The van der Waals surface area contributed by atoms with Gasteiger partial charge in [0.1, 0.15) is 0 Å². The Balaban J connectivity index is 1.94. The number of benzene rings is 2. The van der Waals surface area contributed by atoms with E-state index in [9.17, 15) is 4.79 Å². The third-order valence-corrected chi connectivity index (χ3v) is 3.63. The van der Waals surface area contributed by atoms with E-state index in [0.29, 0.717) is 0 Å². The Hall–Kier alpha value is -2.88. The van der Waals surface area contributed by atoms with Crippen molar-refractivity contribution in [2.45, 2.75) is 13.5 Å². The molecule has 3 aromatic rings. The Morgan fingerprint density at radius 2 is 1.91 bits per heavy atom. The lowest BCUT2D eigenvalue weighted by atomic mass is 10.2. The Labute approximate surface area is 128 Å². The van der Waals surface area contributed by atoms with Crippen LogP contribution < -0.4 is 0 Å². The number of rotatable bonds is 4. The van der Waals surface area contributed by atoms with Gasteiger partial charge in [0.15, 0.2) is 0 Å². The first-order chi connectivity index (χ1) is 10.7. The third-order valence-electron chi connectivity index (χ3n) is 3.63. The van der Waals surface area contributed by atoms with Crippen LogP contribution >= 0.6 is 0 Å². The van der Waals surface area contributed by atoms with Crippen molar-refractivity contribution < 1.29 is 9.90 Å². The molecule has 0 spiro atoms. The van der Waals surface area contributed by atoms with Crippen molar-refractivity contribution in [1.82, 2.24) is 4.57 Å². The van der Waals surface area contributed by atoms with Gasteiger partial charge in [-0.15, -0.1) is 0 Å². The fraction of sp³-hybridized carbons (Fsp3) is 0.111. The van der Waals surface area contributed by atoms with Crippen molar-refractivity contribution in [1.29, 1.82) is 0 Å². The lowest BCUT2D eigenvalue weighted by molar-refractivity contribution is 0.0697. The Kier molecular flexibility index (Phi) is 3.74. The molecule has 0 bridgehead atoms. The van der Waals surface area contributed by atoms with E-state index in [2.05, 4.69) is 34.8 Å². The van der Waals surface area contributed by atoms with Crippen LogP contribution in [-0.4, -0.2) is 21.9 Å². The summed E-state index contributed by atoms with van der Waals surface area (Å²) in [5, 5.41) is 10.1. The van der Waals surface area contributed by atoms with E-state index in [1.165, 1.54) is 5.52 Å². The number of aromatic carboxylic acids is 1. The molecule has 0 aliphatic heterocycles. The first-order valence-electron chi connectivity index (χ1n) is 7.14. The second-order valence-corrected chi connectivity index (χ2v) is 5.00. The standard InChI is InChI=1S/C18H16N2O2/c1-2-20-12-14(16-5-3-4-6-17(16)20)11-19-15-9-7-13(8-10-15)18(21)22/h3-12H,2H2,1H3,(H,21,22). The number of aryl methyl sites for hydroxylation is 1. The number of fused-ring (bicyclic) bond motifs is 1. The van der Waals surface area contributed by atoms with Gasteiger partial charge in [0.25, 0.3) is 0 Å². The predicted octanol–water partition coefficient (Wildman–Crippen LogP) is 4.11. The molecular weight excluding hydrogens is 276 g/mol. The lowest BCUT2D eigenvalue weighted by Crippen LogP contribution is -1.94. The number of carboxylic acid groups (broad SMARTS) is 1. The molecule has 1 heterocycles. The number of carboxylic acids is 1. The molecule has 0 unspecified atom stereocenters. The monoisotopic (exact) mass is 292 g/mol. The second-order valence-electron chi connectivity index (χ2n) is 5.00. The maximum Gasteiger partial charge on any atom is 0.335 e. The van der Waals surface area contributed by atoms with E-state index in [1.54, 1.807) is 24.3 Å². The third kappa shape index (κ3) is 2.63. The van der Waals surface area contributed by atoms with Crippen LogP contribution in [0.3, 0.4) is 0 Å². The molecule has 3 rings (SSSR count). The molecule has 0 radical (unpaired) electrons. The van der Waals surface area contributed by atoms with E-state index in [0.717, 1.165) is 23.2 Å². The van der Waals surface area contributed by atoms with Crippen LogP contribution in [0.15, 0.2) is 59.7 Å². The molecule has 0 saturated carbocycles. The minimum atomic E-state index is -0.929. The Morgan fingerprint density at radius 1 is 1.18 bits per heavy atom. The van der Waals surface area contributed by atoms with Crippen molar-refractivity contribution in [3.8, 4) is 0 Å². The second kappa shape index (κ2) is 5.85.